The van der Waals surface area contributed by atoms with Crippen LogP contribution >= 0.6 is 11.8 Å². The second-order valence-corrected chi connectivity index (χ2v) is 9.45. The van der Waals surface area contributed by atoms with Crippen LogP contribution in [0.3, 0.4) is 0 Å². The third-order valence-corrected chi connectivity index (χ3v) is 4.72. The van der Waals surface area contributed by atoms with Gasteiger partial charge in [0.15, 0.2) is 6.23 Å². The Hall–Kier alpha value is -1.50. The highest BCUT2D eigenvalue weighted by Gasteiger charge is 2.50. The molecule has 3 atom stereocenters. The number of ether oxygens (including phenoxy) is 2. The summed E-state index contributed by atoms with van der Waals surface area (Å²) in [7, 11) is 0. The summed E-state index contributed by atoms with van der Waals surface area (Å²) in [6.07, 6.45) is 0.173. The van der Waals surface area contributed by atoms with Gasteiger partial charge in [-0.3, -0.25) is 19.3 Å². The van der Waals surface area contributed by atoms with E-state index in [0.717, 1.165) is 5.57 Å². The molecule has 0 N–H and O–H groups in total. The number of nitrogens with zero attached hydrogens (tertiary/aromatic N) is 1. The highest BCUT2D eigenvalue weighted by atomic mass is 32.2. The van der Waals surface area contributed by atoms with Gasteiger partial charge < -0.3 is 9.47 Å². The third-order valence-electron chi connectivity index (χ3n) is 3.34. The smallest absolute Gasteiger partial charge is 0.304 e. The second kappa shape index (κ2) is 7.17. The monoisotopic (exact) mass is 357 g/mol. The van der Waals surface area contributed by atoms with Crippen LogP contribution in [0, 0.1) is 0 Å². The average Bonchev–Trinajstić information content (AvgIpc) is 2.31. The van der Waals surface area contributed by atoms with Crippen molar-refractivity contribution in [2.75, 3.05) is 0 Å². The molecule has 0 aromatic carbocycles. The first kappa shape index (κ1) is 20.5. The zero-order chi connectivity index (χ0) is 18.9. The lowest BCUT2D eigenvalue weighted by molar-refractivity contribution is -0.187. The van der Waals surface area contributed by atoms with Crippen molar-refractivity contribution < 1.29 is 23.9 Å². The number of esters is 2. The van der Waals surface area contributed by atoms with Gasteiger partial charge in [0.05, 0.1) is 4.75 Å². The SMILES string of the molecule is CC(=O)OC1C(C)=CC(C)(SC(C)(C)C)C(OC(C)=O)N1C(C)=O. The van der Waals surface area contributed by atoms with E-state index in [4.69, 9.17) is 9.47 Å². The summed E-state index contributed by atoms with van der Waals surface area (Å²) < 4.78 is 10.00. The van der Waals surface area contributed by atoms with E-state index in [1.807, 2.05) is 33.8 Å². The zero-order valence-electron chi connectivity index (χ0n) is 15.6. The average molecular weight is 357 g/mol. The topological polar surface area (TPSA) is 72.9 Å². The van der Waals surface area contributed by atoms with Crippen LogP contribution in [0.2, 0.25) is 0 Å². The van der Waals surface area contributed by atoms with Crippen molar-refractivity contribution in [1.82, 2.24) is 4.90 Å². The van der Waals surface area contributed by atoms with Crippen molar-refractivity contribution in [3.8, 4) is 0 Å². The minimum Gasteiger partial charge on any atom is -0.440 e. The lowest BCUT2D eigenvalue weighted by Crippen LogP contribution is -2.61. The fourth-order valence-electron chi connectivity index (χ4n) is 2.92. The molecule has 1 aliphatic heterocycles. The molecule has 0 aromatic heterocycles. The number of carbonyl (C=O) groups excluding carboxylic acids is 3. The predicted octanol–water partition coefficient (Wildman–Crippen LogP) is 2.86. The van der Waals surface area contributed by atoms with Gasteiger partial charge in [0.1, 0.15) is 0 Å². The van der Waals surface area contributed by atoms with Gasteiger partial charge in [0.2, 0.25) is 12.1 Å². The van der Waals surface area contributed by atoms with Crippen LogP contribution in [-0.2, 0) is 23.9 Å². The molecule has 0 saturated heterocycles. The maximum absolute atomic E-state index is 12.3. The Labute approximate surface area is 147 Å². The molecule has 0 spiro atoms. The van der Waals surface area contributed by atoms with E-state index in [9.17, 15) is 14.4 Å². The summed E-state index contributed by atoms with van der Waals surface area (Å²) in [6.45, 7) is 13.8. The Morgan fingerprint density at radius 2 is 1.62 bits per heavy atom. The largest absolute Gasteiger partial charge is 0.440 e. The molecule has 0 aliphatic carbocycles. The highest BCUT2D eigenvalue weighted by molar-refractivity contribution is 8.02. The summed E-state index contributed by atoms with van der Waals surface area (Å²) in [5.74, 6) is -1.34. The zero-order valence-corrected chi connectivity index (χ0v) is 16.4. The lowest BCUT2D eigenvalue weighted by atomic mass is 9.97. The number of hydrogen-bond acceptors (Lipinski definition) is 6. The summed E-state index contributed by atoms with van der Waals surface area (Å²) in [4.78, 5) is 36.7. The molecule has 0 radical (unpaired) electrons. The first-order valence-electron chi connectivity index (χ1n) is 7.79. The van der Waals surface area contributed by atoms with Crippen molar-refractivity contribution in [3.63, 3.8) is 0 Å². The van der Waals surface area contributed by atoms with Gasteiger partial charge in [-0.15, -0.1) is 11.8 Å². The number of hydrogen-bond donors (Lipinski definition) is 0. The van der Waals surface area contributed by atoms with Gasteiger partial charge in [-0.1, -0.05) is 26.8 Å². The Kier molecular flexibility index (Phi) is 6.14. The summed E-state index contributed by atoms with van der Waals surface area (Å²) in [6, 6.07) is 0. The van der Waals surface area contributed by atoms with Gasteiger partial charge >= 0.3 is 11.9 Å². The lowest BCUT2D eigenvalue weighted by Gasteiger charge is -2.49. The Morgan fingerprint density at radius 3 is 2.00 bits per heavy atom. The van der Waals surface area contributed by atoms with Crippen LogP contribution in [0.15, 0.2) is 11.6 Å². The van der Waals surface area contributed by atoms with Crippen molar-refractivity contribution in [2.24, 2.45) is 0 Å². The van der Waals surface area contributed by atoms with Gasteiger partial charge in [-0.2, -0.15) is 0 Å². The van der Waals surface area contributed by atoms with Crippen molar-refractivity contribution in [2.45, 2.75) is 77.3 Å². The van der Waals surface area contributed by atoms with Crippen LogP contribution in [0.25, 0.3) is 0 Å². The molecule has 0 fully saturated rings. The summed E-state index contributed by atoms with van der Waals surface area (Å²) in [5.41, 5.74) is 0.725. The minimum atomic E-state index is -0.877. The maximum Gasteiger partial charge on any atom is 0.304 e. The quantitative estimate of drug-likeness (QED) is 0.571. The number of thioether (sulfide) groups is 1. The van der Waals surface area contributed by atoms with Crippen LogP contribution in [0.4, 0.5) is 0 Å². The molecule has 0 saturated carbocycles. The molecule has 136 valence electrons. The molecule has 1 amide bonds. The first-order chi connectivity index (χ1) is 10.8. The standard InChI is InChI=1S/C17H27NO5S/c1-10-9-17(8,24-16(5,6)7)15(23-13(4)21)18(11(2)19)14(10)22-12(3)20/h9,14-15H,1-8H3. The fourth-order valence-corrected chi connectivity index (χ4v) is 4.75. The number of amides is 1. The number of carbonyl (C=O) groups is 3. The molecule has 6 nitrogen and oxygen atoms in total. The maximum atomic E-state index is 12.3. The van der Waals surface area contributed by atoms with Gasteiger partial charge in [-0.05, 0) is 19.4 Å². The van der Waals surface area contributed by atoms with E-state index in [-0.39, 0.29) is 10.7 Å². The van der Waals surface area contributed by atoms with Crippen molar-refractivity contribution in [1.29, 1.82) is 0 Å². The van der Waals surface area contributed by atoms with E-state index in [0.29, 0.717) is 0 Å². The third kappa shape index (κ3) is 5.00. The minimum absolute atomic E-state index is 0.138. The molecule has 7 heteroatoms. The molecule has 24 heavy (non-hydrogen) atoms. The van der Waals surface area contributed by atoms with E-state index < -0.39 is 29.1 Å². The molecular weight excluding hydrogens is 330 g/mol. The van der Waals surface area contributed by atoms with E-state index in [2.05, 4.69) is 0 Å². The Morgan fingerprint density at radius 1 is 1.12 bits per heavy atom. The summed E-state index contributed by atoms with van der Waals surface area (Å²) in [5, 5.41) is 0. The van der Waals surface area contributed by atoms with Gasteiger partial charge in [-0.25, -0.2) is 0 Å². The Bertz CT molecular complexity index is 566. The molecule has 0 aromatic rings. The first-order valence-corrected chi connectivity index (χ1v) is 8.61. The van der Waals surface area contributed by atoms with Gasteiger partial charge in [0, 0.05) is 25.5 Å². The van der Waals surface area contributed by atoms with E-state index in [1.165, 1.54) is 25.7 Å². The van der Waals surface area contributed by atoms with Crippen molar-refractivity contribution in [3.05, 3.63) is 11.6 Å². The van der Waals surface area contributed by atoms with Crippen LogP contribution in [-0.4, -0.2) is 44.7 Å². The molecule has 3 unspecified atom stereocenters. The van der Waals surface area contributed by atoms with Gasteiger partial charge in [0.25, 0.3) is 0 Å². The second-order valence-electron chi connectivity index (χ2n) is 7.14. The van der Waals surface area contributed by atoms with E-state index >= 15 is 0 Å². The molecular formula is C17H27NO5S. The summed E-state index contributed by atoms with van der Waals surface area (Å²) >= 11 is 1.59. The molecule has 1 aliphatic rings. The molecule has 1 heterocycles. The van der Waals surface area contributed by atoms with E-state index in [1.54, 1.807) is 18.7 Å². The van der Waals surface area contributed by atoms with Crippen LogP contribution in [0.1, 0.15) is 55.4 Å². The molecule has 1 rings (SSSR count). The van der Waals surface area contributed by atoms with Crippen molar-refractivity contribution >= 4 is 29.6 Å². The normalized spacial score (nSPS) is 27.3. The number of rotatable bonds is 3. The highest BCUT2D eigenvalue weighted by Crippen LogP contribution is 2.46. The fraction of sp³-hybridized carbons (Fsp3) is 0.706. The van der Waals surface area contributed by atoms with Crippen LogP contribution < -0.4 is 0 Å². The Balaban J connectivity index is 3.46. The van der Waals surface area contributed by atoms with Crippen LogP contribution in [0.5, 0.6) is 0 Å². The predicted molar refractivity (Wildman–Crippen MR) is 93.1 cm³/mol. The molecule has 0 bridgehead atoms.